The molecule has 0 saturated heterocycles. The van der Waals surface area contributed by atoms with E-state index in [1.807, 2.05) is 6.07 Å². The molecule has 0 aliphatic rings. The lowest BCUT2D eigenvalue weighted by Crippen LogP contribution is -2.17. The molecule has 1 atom stereocenters. The zero-order valence-corrected chi connectivity index (χ0v) is 19.5. The van der Waals surface area contributed by atoms with Crippen LogP contribution in [0.15, 0.2) is 48.9 Å². The number of H-pyrrole nitrogens is 1. The normalized spacial score (nSPS) is 11.8. The van der Waals surface area contributed by atoms with Gasteiger partial charge in [-0.1, -0.05) is 11.6 Å². The summed E-state index contributed by atoms with van der Waals surface area (Å²) in [7, 11) is 0. The van der Waals surface area contributed by atoms with Gasteiger partial charge in [0.25, 0.3) is 0 Å². The van der Waals surface area contributed by atoms with E-state index in [1.165, 1.54) is 24.5 Å². The standard InChI is InChI=1S/C24H12ClF5N8/c25-15-4-12(35-23(19-9-34-38-37-19)20-16(27)1-11(26)2-17(20)28)3-14-21(10(6-31)7-32-22(14)15)36-13-5-18(29)24(30)33-8-13/h1-5,7-9,23,35H,(H,32,36)(H,34,37,38)/t23-/m1/s1. The Labute approximate surface area is 215 Å². The van der Waals surface area contributed by atoms with Crippen LogP contribution in [0.4, 0.5) is 39.0 Å². The van der Waals surface area contributed by atoms with Crippen molar-refractivity contribution in [2.45, 2.75) is 6.04 Å². The molecule has 3 heterocycles. The molecule has 5 rings (SSSR count). The monoisotopic (exact) mass is 542 g/mol. The third kappa shape index (κ3) is 4.64. The number of nitrogens with zero attached hydrogens (tertiary/aromatic N) is 5. The summed E-state index contributed by atoms with van der Waals surface area (Å²) >= 11 is 6.45. The average molecular weight is 543 g/mol. The maximum atomic E-state index is 14.7. The van der Waals surface area contributed by atoms with E-state index in [0.717, 1.165) is 12.3 Å². The number of anilines is 3. The second-order valence-electron chi connectivity index (χ2n) is 7.89. The van der Waals surface area contributed by atoms with E-state index in [4.69, 9.17) is 11.6 Å². The molecule has 0 fully saturated rings. The van der Waals surface area contributed by atoms with Crippen molar-refractivity contribution in [3.63, 3.8) is 0 Å². The van der Waals surface area contributed by atoms with Crippen LogP contribution in [0.5, 0.6) is 0 Å². The van der Waals surface area contributed by atoms with E-state index in [-0.39, 0.29) is 44.2 Å². The van der Waals surface area contributed by atoms with Crippen LogP contribution in [0.25, 0.3) is 10.9 Å². The van der Waals surface area contributed by atoms with E-state index in [9.17, 15) is 27.2 Å². The lowest BCUT2D eigenvalue weighted by atomic mass is 10.0. The number of nitriles is 1. The maximum absolute atomic E-state index is 14.7. The number of pyridine rings is 2. The fraction of sp³-hybridized carbons (Fsp3) is 0.0417. The van der Waals surface area contributed by atoms with Gasteiger partial charge in [-0.15, -0.1) is 0 Å². The van der Waals surface area contributed by atoms with Crippen LogP contribution in [-0.4, -0.2) is 25.4 Å². The molecular weight excluding hydrogens is 531 g/mol. The van der Waals surface area contributed by atoms with Gasteiger partial charge in [0.05, 0.1) is 45.4 Å². The van der Waals surface area contributed by atoms with Gasteiger partial charge in [-0.2, -0.15) is 25.1 Å². The molecule has 0 aliphatic carbocycles. The van der Waals surface area contributed by atoms with Crippen LogP contribution in [0.3, 0.4) is 0 Å². The van der Waals surface area contributed by atoms with Crippen LogP contribution >= 0.6 is 11.6 Å². The van der Waals surface area contributed by atoms with E-state index in [2.05, 4.69) is 36.0 Å². The number of nitrogens with one attached hydrogen (secondary N) is 3. The molecule has 0 saturated carbocycles. The first-order valence-electron chi connectivity index (χ1n) is 10.6. The zero-order chi connectivity index (χ0) is 27.0. The Hall–Kier alpha value is -4.83. The first kappa shape index (κ1) is 24.8. The predicted octanol–water partition coefficient (Wildman–Crippen LogP) is 5.91. The third-order valence-corrected chi connectivity index (χ3v) is 5.77. The number of aromatic nitrogens is 5. The second-order valence-corrected chi connectivity index (χ2v) is 8.30. The molecule has 38 heavy (non-hydrogen) atoms. The Balaban J connectivity index is 1.64. The molecule has 5 aromatic rings. The quantitative estimate of drug-likeness (QED) is 0.180. The summed E-state index contributed by atoms with van der Waals surface area (Å²) < 4.78 is 70.1. The van der Waals surface area contributed by atoms with Crippen molar-refractivity contribution in [3.05, 3.63) is 100.0 Å². The Bertz CT molecular complexity index is 1700. The molecule has 0 bridgehead atoms. The van der Waals surface area contributed by atoms with Crippen LogP contribution < -0.4 is 10.6 Å². The highest BCUT2D eigenvalue weighted by atomic mass is 35.5. The van der Waals surface area contributed by atoms with Crippen molar-refractivity contribution in [2.75, 3.05) is 10.6 Å². The SMILES string of the molecule is N#Cc1cnc2c(Cl)cc(N[C@H](c3cn[nH]n3)c3c(F)cc(F)cc3F)cc2c1Nc1cnc(F)c(F)c1. The topological polar surface area (TPSA) is 115 Å². The molecular formula is C24H12ClF5N8. The van der Waals surface area contributed by atoms with Gasteiger partial charge in [0.2, 0.25) is 5.95 Å². The van der Waals surface area contributed by atoms with Gasteiger partial charge in [0.15, 0.2) is 5.82 Å². The Morgan fingerprint density at radius 3 is 2.32 bits per heavy atom. The molecule has 190 valence electrons. The molecule has 0 amide bonds. The lowest BCUT2D eigenvalue weighted by Gasteiger charge is -2.21. The summed E-state index contributed by atoms with van der Waals surface area (Å²) in [4.78, 5) is 7.51. The van der Waals surface area contributed by atoms with E-state index >= 15 is 0 Å². The van der Waals surface area contributed by atoms with Gasteiger partial charge in [-0.05, 0) is 12.1 Å². The Morgan fingerprint density at radius 1 is 0.895 bits per heavy atom. The summed E-state index contributed by atoms with van der Waals surface area (Å²) in [5.41, 5.74) is 0.145. The number of hydrogen-bond acceptors (Lipinski definition) is 7. The van der Waals surface area contributed by atoms with Crippen molar-refractivity contribution in [3.8, 4) is 6.07 Å². The maximum Gasteiger partial charge on any atom is 0.249 e. The van der Waals surface area contributed by atoms with Crippen molar-refractivity contribution < 1.29 is 22.0 Å². The number of hydrogen-bond donors (Lipinski definition) is 3. The predicted molar refractivity (Wildman–Crippen MR) is 127 cm³/mol. The van der Waals surface area contributed by atoms with Gasteiger partial charge in [0, 0.05) is 35.5 Å². The van der Waals surface area contributed by atoms with Gasteiger partial charge < -0.3 is 10.6 Å². The minimum atomic E-state index is -1.30. The van der Waals surface area contributed by atoms with Crippen molar-refractivity contribution in [1.82, 2.24) is 25.4 Å². The van der Waals surface area contributed by atoms with Crippen LogP contribution in [-0.2, 0) is 0 Å². The molecule has 2 aromatic carbocycles. The molecule has 8 nitrogen and oxygen atoms in total. The van der Waals surface area contributed by atoms with Crippen molar-refractivity contribution in [1.29, 1.82) is 5.26 Å². The van der Waals surface area contributed by atoms with Crippen molar-refractivity contribution >= 4 is 39.6 Å². The van der Waals surface area contributed by atoms with Crippen LogP contribution in [0.2, 0.25) is 5.02 Å². The summed E-state index contributed by atoms with van der Waals surface area (Å²) in [6.07, 6.45) is 3.48. The van der Waals surface area contributed by atoms with E-state index in [0.29, 0.717) is 12.1 Å². The molecule has 0 aliphatic heterocycles. The fourth-order valence-corrected chi connectivity index (χ4v) is 4.10. The minimum absolute atomic E-state index is 0.0262. The summed E-state index contributed by atoms with van der Waals surface area (Å²) in [6, 6.07) is 5.45. The average Bonchev–Trinajstić information content (AvgIpc) is 3.40. The van der Waals surface area contributed by atoms with E-state index in [1.54, 1.807) is 0 Å². The number of aromatic amines is 1. The molecule has 3 N–H and O–H groups in total. The number of benzene rings is 2. The molecule has 0 unspecified atom stereocenters. The first-order valence-corrected chi connectivity index (χ1v) is 11.0. The van der Waals surface area contributed by atoms with Crippen LogP contribution in [0.1, 0.15) is 22.9 Å². The summed E-state index contributed by atoms with van der Waals surface area (Å²) in [5, 5.41) is 25.6. The van der Waals surface area contributed by atoms with Gasteiger partial charge >= 0.3 is 0 Å². The number of rotatable bonds is 6. The van der Waals surface area contributed by atoms with Crippen LogP contribution in [0, 0.1) is 40.5 Å². The fourth-order valence-electron chi connectivity index (χ4n) is 3.84. The summed E-state index contributed by atoms with van der Waals surface area (Å²) in [6.45, 7) is 0. The smallest absolute Gasteiger partial charge is 0.249 e. The largest absolute Gasteiger partial charge is 0.372 e. The van der Waals surface area contributed by atoms with E-state index < -0.39 is 40.8 Å². The van der Waals surface area contributed by atoms with Crippen molar-refractivity contribution in [2.24, 2.45) is 0 Å². The number of fused-ring (bicyclic) bond motifs is 1. The number of halogens is 6. The molecule has 0 radical (unpaired) electrons. The molecule has 14 heteroatoms. The third-order valence-electron chi connectivity index (χ3n) is 5.48. The zero-order valence-electron chi connectivity index (χ0n) is 18.7. The summed E-state index contributed by atoms with van der Waals surface area (Å²) in [5.74, 6) is -5.96. The molecule has 3 aromatic heterocycles. The van der Waals surface area contributed by atoms with Gasteiger partial charge in [0.1, 0.15) is 35.3 Å². The highest BCUT2D eigenvalue weighted by Crippen LogP contribution is 2.37. The second kappa shape index (κ2) is 9.91. The highest BCUT2D eigenvalue weighted by molar-refractivity contribution is 6.36. The lowest BCUT2D eigenvalue weighted by molar-refractivity contribution is 0.480. The van der Waals surface area contributed by atoms with Gasteiger partial charge in [-0.3, -0.25) is 4.98 Å². The van der Waals surface area contributed by atoms with Gasteiger partial charge in [-0.25, -0.2) is 22.5 Å². The minimum Gasteiger partial charge on any atom is -0.372 e. The Kier molecular flexibility index (Phi) is 6.48. The first-order chi connectivity index (χ1) is 18.2. The Morgan fingerprint density at radius 2 is 1.66 bits per heavy atom. The highest BCUT2D eigenvalue weighted by Gasteiger charge is 2.26. The molecule has 0 spiro atoms.